The van der Waals surface area contributed by atoms with Crippen molar-refractivity contribution < 1.29 is 19.8 Å². The van der Waals surface area contributed by atoms with Crippen LogP contribution >= 0.6 is 0 Å². The van der Waals surface area contributed by atoms with E-state index in [0.29, 0.717) is 13.0 Å². The fourth-order valence-electron chi connectivity index (χ4n) is 3.30. The maximum absolute atomic E-state index is 12.8. The van der Waals surface area contributed by atoms with Crippen molar-refractivity contribution in [2.24, 2.45) is 0 Å². The maximum Gasteiger partial charge on any atom is 0.341 e. The molecule has 7 nitrogen and oxygen atoms in total. The largest absolute Gasteiger partial charge is 0.503 e. The molecule has 2 heterocycles. The Morgan fingerprint density at radius 2 is 1.88 bits per heavy atom. The number of nitrogens with zero attached hydrogens (tertiary/aromatic N) is 2. The molecule has 136 valence electrons. The van der Waals surface area contributed by atoms with E-state index in [-0.39, 0.29) is 17.8 Å². The summed E-state index contributed by atoms with van der Waals surface area (Å²) in [6.45, 7) is 4.07. The Bertz CT molecular complexity index is 918. The molecule has 2 N–H and O–H groups in total. The molecule has 1 unspecified atom stereocenters. The molecule has 3 rings (SSSR count). The molecule has 1 aliphatic rings. The lowest BCUT2D eigenvalue weighted by Gasteiger charge is -2.38. The van der Waals surface area contributed by atoms with Crippen LogP contribution in [0.1, 0.15) is 46.3 Å². The van der Waals surface area contributed by atoms with Gasteiger partial charge in [-0.3, -0.25) is 9.59 Å². The van der Waals surface area contributed by atoms with Gasteiger partial charge in [0.15, 0.2) is 11.4 Å². The van der Waals surface area contributed by atoms with Gasteiger partial charge in [-0.1, -0.05) is 30.3 Å². The van der Waals surface area contributed by atoms with Gasteiger partial charge in [0, 0.05) is 18.8 Å². The average molecular weight is 356 g/mol. The third-order valence-electron chi connectivity index (χ3n) is 4.64. The number of carboxylic acids is 1. The minimum Gasteiger partial charge on any atom is -0.503 e. The van der Waals surface area contributed by atoms with Gasteiger partial charge in [0.1, 0.15) is 5.56 Å². The van der Waals surface area contributed by atoms with Crippen molar-refractivity contribution in [2.75, 3.05) is 6.54 Å². The lowest BCUT2D eigenvalue weighted by Crippen LogP contribution is -2.48. The second kappa shape index (κ2) is 6.67. The summed E-state index contributed by atoms with van der Waals surface area (Å²) in [5.41, 5.74) is -0.728. The zero-order valence-corrected chi connectivity index (χ0v) is 14.5. The minimum absolute atomic E-state index is 0.122. The van der Waals surface area contributed by atoms with Crippen molar-refractivity contribution in [1.29, 1.82) is 0 Å². The van der Waals surface area contributed by atoms with Gasteiger partial charge in [-0.25, -0.2) is 4.79 Å². The Balaban J connectivity index is 2.18. The van der Waals surface area contributed by atoms with Gasteiger partial charge in [0.2, 0.25) is 5.43 Å². The molecule has 26 heavy (non-hydrogen) atoms. The summed E-state index contributed by atoms with van der Waals surface area (Å²) in [5, 5.41) is 19.5. The number of hydrogen-bond acceptors (Lipinski definition) is 4. The number of carboxylic acid groups (broad SMARTS) is 1. The number of aromatic carboxylic acids is 1. The Morgan fingerprint density at radius 3 is 2.46 bits per heavy atom. The maximum atomic E-state index is 12.8. The van der Waals surface area contributed by atoms with Gasteiger partial charge in [-0.15, -0.1) is 0 Å². The highest BCUT2D eigenvalue weighted by Crippen LogP contribution is 2.29. The molecule has 1 aromatic heterocycles. The van der Waals surface area contributed by atoms with Crippen molar-refractivity contribution in [3.63, 3.8) is 0 Å². The Hall–Kier alpha value is -3.09. The van der Waals surface area contributed by atoms with Crippen molar-refractivity contribution in [3.8, 4) is 5.75 Å². The summed E-state index contributed by atoms with van der Waals surface area (Å²) in [5.74, 6) is -2.72. The van der Waals surface area contributed by atoms with E-state index in [0.717, 1.165) is 5.56 Å². The molecule has 0 saturated heterocycles. The van der Waals surface area contributed by atoms with Gasteiger partial charge in [0.05, 0.1) is 6.04 Å². The van der Waals surface area contributed by atoms with E-state index in [1.54, 1.807) is 4.90 Å². The molecular formula is C19H20N2O5. The number of carbonyl (C=O) groups excluding carboxylic acids is 1. The van der Waals surface area contributed by atoms with Gasteiger partial charge < -0.3 is 19.7 Å². The van der Waals surface area contributed by atoms with Crippen LogP contribution < -0.4 is 5.43 Å². The average Bonchev–Trinajstić information content (AvgIpc) is 2.60. The Kier molecular flexibility index (Phi) is 4.54. The quantitative estimate of drug-likeness (QED) is 0.871. The molecule has 0 spiro atoms. The fraction of sp³-hybridized carbons (Fsp3) is 0.316. The van der Waals surface area contributed by atoms with Crippen LogP contribution in [0.5, 0.6) is 5.75 Å². The number of hydrogen-bond donors (Lipinski definition) is 2. The predicted octanol–water partition coefficient (Wildman–Crippen LogP) is 1.90. The van der Waals surface area contributed by atoms with E-state index in [9.17, 15) is 24.6 Å². The van der Waals surface area contributed by atoms with E-state index >= 15 is 0 Å². The van der Waals surface area contributed by atoms with Crippen molar-refractivity contribution >= 4 is 11.9 Å². The van der Waals surface area contributed by atoms with Crippen LogP contribution in [0.15, 0.2) is 41.3 Å². The van der Waals surface area contributed by atoms with Gasteiger partial charge >= 0.3 is 5.97 Å². The van der Waals surface area contributed by atoms with Crippen LogP contribution in [0.3, 0.4) is 0 Å². The number of pyridine rings is 1. The second-order valence-corrected chi connectivity index (χ2v) is 6.68. The monoisotopic (exact) mass is 356 g/mol. The topological polar surface area (TPSA) is 99.8 Å². The van der Waals surface area contributed by atoms with Gasteiger partial charge in [-0.2, -0.15) is 0 Å². The van der Waals surface area contributed by atoms with Crippen LogP contribution in [-0.2, 0) is 6.42 Å². The first kappa shape index (κ1) is 17.7. The molecule has 0 bridgehead atoms. The molecule has 7 heteroatoms. The standard InChI is InChI=1S/C19H20N2O5/c1-11(2)20-9-13(8-12-6-4-3-5-7-12)21-10-14(19(25)26)16(22)17(23)15(21)18(20)24/h3-7,10-11,13,23H,8-9H2,1-2H3,(H,25,26). The van der Waals surface area contributed by atoms with Gasteiger partial charge in [-0.05, 0) is 25.8 Å². The number of rotatable bonds is 4. The molecule has 1 atom stereocenters. The third kappa shape index (κ3) is 2.96. The first-order valence-corrected chi connectivity index (χ1v) is 8.37. The SMILES string of the molecule is CC(C)N1CC(Cc2ccccc2)n2cc(C(=O)O)c(=O)c(O)c2C1=O. The number of aromatic hydroxyl groups is 1. The van der Waals surface area contributed by atoms with E-state index in [4.69, 9.17) is 0 Å². The zero-order valence-electron chi connectivity index (χ0n) is 14.5. The zero-order chi connectivity index (χ0) is 19.0. The number of carbonyl (C=O) groups is 2. The summed E-state index contributed by atoms with van der Waals surface area (Å²) in [6.07, 6.45) is 1.70. The molecule has 0 radical (unpaired) electrons. The molecule has 0 aliphatic carbocycles. The summed E-state index contributed by atoms with van der Waals surface area (Å²) in [4.78, 5) is 37.9. The summed E-state index contributed by atoms with van der Waals surface area (Å²) < 4.78 is 1.44. The molecule has 1 aromatic carbocycles. The van der Waals surface area contributed by atoms with Crippen LogP contribution in [0.4, 0.5) is 0 Å². The number of fused-ring (bicyclic) bond motifs is 1. The van der Waals surface area contributed by atoms with Crippen molar-refractivity contribution in [3.05, 3.63) is 63.6 Å². The van der Waals surface area contributed by atoms with Crippen LogP contribution in [0.2, 0.25) is 0 Å². The molecule has 2 aromatic rings. The summed E-state index contributed by atoms with van der Waals surface area (Å²) >= 11 is 0. The van der Waals surface area contributed by atoms with Crippen molar-refractivity contribution in [2.45, 2.75) is 32.4 Å². The highest BCUT2D eigenvalue weighted by Gasteiger charge is 2.36. The Morgan fingerprint density at radius 1 is 1.23 bits per heavy atom. The number of benzene rings is 1. The second-order valence-electron chi connectivity index (χ2n) is 6.68. The fourth-order valence-corrected chi connectivity index (χ4v) is 3.30. The molecule has 1 aliphatic heterocycles. The number of aromatic nitrogens is 1. The summed E-state index contributed by atoms with van der Waals surface area (Å²) in [6, 6.07) is 9.16. The third-order valence-corrected chi connectivity index (χ3v) is 4.64. The van der Waals surface area contributed by atoms with Crippen molar-refractivity contribution in [1.82, 2.24) is 9.47 Å². The lowest BCUT2D eigenvalue weighted by atomic mass is 10.00. The molecule has 1 amide bonds. The Labute approximate surface area is 150 Å². The highest BCUT2D eigenvalue weighted by atomic mass is 16.4. The number of amides is 1. The summed E-state index contributed by atoms with van der Waals surface area (Å²) in [7, 11) is 0. The van der Waals surface area contributed by atoms with E-state index in [2.05, 4.69) is 0 Å². The predicted molar refractivity (Wildman–Crippen MR) is 94.7 cm³/mol. The normalized spacial score (nSPS) is 16.7. The van der Waals surface area contributed by atoms with E-state index in [1.165, 1.54) is 10.8 Å². The first-order chi connectivity index (χ1) is 12.3. The first-order valence-electron chi connectivity index (χ1n) is 8.37. The van der Waals surface area contributed by atoms with Crippen LogP contribution in [-0.4, -0.2) is 44.1 Å². The molecule has 0 fully saturated rings. The smallest absolute Gasteiger partial charge is 0.341 e. The van der Waals surface area contributed by atoms with Gasteiger partial charge in [0.25, 0.3) is 5.91 Å². The molecule has 0 saturated carbocycles. The minimum atomic E-state index is -1.43. The van der Waals surface area contributed by atoms with Crippen LogP contribution in [0.25, 0.3) is 0 Å². The highest BCUT2D eigenvalue weighted by molar-refractivity contribution is 5.97. The molecular weight excluding hydrogens is 336 g/mol. The van der Waals surface area contributed by atoms with Crippen LogP contribution in [0, 0.1) is 0 Å². The van der Waals surface area contributed by atoms with E-state index in [1.807, 2.05) is 44.2 Å². The van der Waals surface area contributed by atoms with E-state index < -0.39 is 28.6 Å². The lowest BCUT2D eigenvalue weighted by molar-refractivity contribution is 0.0590.